The third-order valence-corrected chi connectivity index (χ3v) is 4.62. The van der Waals surface area contributed by atoms with E-state index in [9.17, 15) is 9.59 Å². The first-order chi connectivity index (χ1) is 9.79. The van der Waals surface area contributed by atoms with Gasteiger partial charge in [-0.2, -0.15) is 0 Å². The van der Waals surface area contributed by atoms with Gasteiger partial charge < -0.3 is 10.6 Å². The molecule has 2 amide bonds. The Bertz CT molecular complexity index is 534. The largest absolute Gasteiger partial charge is 0.353 e. The van der Waals surface area contributed by atoms with Crippen molar-refractivity contribution in [2.75, 3.05) is 5.32 Å². The van der Waals surface area contributed by atoms with Crippen LogP contribution >= 0.6 is 0 Å². The summed E-state index contributed by atoms with van der Waals surface area (Å²) < 4.78 is 0. The summed E-state index contributed by atoms with van der Waals surface area (Å²) in [7, 11) is 0. The van der Waals surface area contributed by atoms with Crippen LogP contribution < -0.4 is 10.6 Å². The van der Waals surface area contributed by atoms with Crippen LogP contribution in [0.25, 0.3) is 0 Å². The number of anilines is 1. The number of nitrogens with one attached hydrogen (secondary N) is 2. The summed E-state index contributed by atoms with van der Waals surface area (Å²) >= 11 is 0. The second kappa shape index (κ2) is 5.88. The summed E-state index contributed by atoms with van der Waals surface area (Å²) in [5.41, 5.74) is 1.98. The van der Waals surface area contributed by atoms with Crippen molar-refractivity contribution >= 4 is 17.5 Å². The summed E-state index contributed by atoms with van der Waals surface area (Å²) in [6.07, 6.45) is 1.37. The molecule has 114 valence electrons. The molecule has 0 spiro atoms. The Kier molecular flexibility index (Phi) is 4.35. The van der Waals surface area contributed by atoms with Crippen molar-refractivity contribution in [3.63, 3.8) is 0 Å². The van der Waals surface area contributed by atoms with Gasteiger partial charge in [0.05, 0.1) is 0 Å². The van der Waals surface area contributed by atoms with E-state index < -0.39 is 0 Å². The van der Waals surface area contributed by atoms with Crippen molar-refractivity contribution in [2.45, 2.75) is 46.6 Å². The van der Waals surface area contributed by atoms with Crippen molar-refractivity contribution in [1.82, 2.24) is 5.32 Å². The fourth-order valence-corrected chi connectivity index (χ4v) is 2.93. The molecule has 1 aromatic rings. The van der Waals surface area contributed by atoms with E-state index >= 15 is 0 Å². The van der Waals surface area contributed by atoms with E-state index in [0.29, 0.717) is 12.3 Å². The molecule has 0 bridgehead atoms. The lowest BCUT2D eigenvalue weighted by atomic mass is 9.57. The molecule has 1 fully saturated rings. The topological polar surface area (TPSA) is 58.2 Å². The van der Waals surface area contributed by atoms with Gasteiger partial charge in [-0.25, -0.2) is 0 Å². The molecule has 2 rings (SSSR count). The summed E-state index contributed by atoms with van der Waals surface area (Å²) in [4.78, 5) is 23.3. The highest BCUT2D eigenvalue weighted by Crippen LogP contribution is 2.48. The van der Waals surface area contributed by atoms with Crippen LogP contribution in [0, 0.1) is 18.3 Å². The minimum absolute atomic E-state index is 0.00404. The number of hydrogen-bond donors (Lipinski definition) is 2. The first-order valence-electron chi connectivity index (χ1n) is 7.42. The van der Waals surface area contributed by atoms with Gasteiger partial charge in [0, 0.05) is 25.1 Å². The molecule has 21 heavy (non-hydrogen) atoms. The highest BCUT2D eigenvalue weighted by Gasteiger charge is 2.48. The number of benzene rings is 1. The molecular formula is C17H24N2O2. The summed E-state index contributed by atoms with van der Waals surface area (Å²) in [6, 6.07) is 7.97. The van der Waals surface area contributed by atoms with E-state index in [4.69, 9.17) is 0 Å². The van der Waals surface area contributed by atoms with Crippen LogP contribution in [0.2, 0.25) is 0 Å². The van der Waals surface area contributed by atoms with Gasteiger partial charge in [-0.3, -0.25) is 9.59 Å². The minimum atomic E-state index is -0.0315. The number of carbonyl (C=O) groups excluding carboxylic acids is 2. The molecule has 1 aliphatic rings. The average molecular weight is 288 g/mol. The lowest BCUT2D eigenvalue weighted by Crippen LogP contribution is -2.58. The molecule has 1 aromatic carbocycles. The molecule has 0 radical (unpaired) electrons. The Balaban J connectivity index is 1.86. The fraction of sp³-hybridized carbons (Fsp3) is 0.529. The van der Waals surface area contributed by atoms with Gasteiger partial charge in [-0.15, -0.1) is 0 Å². The van der Waals surface area contributed by atoms with Gasteiger partial charge in [0.2, 0.25) is 11.8 Å². The number of carbonyl (C=O) groups is 2. The molecule has 4 nitrogen and oxygen atoms in total. The van der Waals surface area contributed by atoms with Crippen LogP contribution in [0.4, 0.5) is 5.69 Å². The number of rotatable bonds is 4. The Morgan fingerprint density at radius 3 is 2.38 bits per heavy atom. The SMILES string of the molecule is CC(=O)NC1CC(CC(=O)Nc2ccc(C)cc2)C1(C)C. The van der Waals surface area contributed by atoms with Crippen molar-refractivity contribution in [3.8, 4) is 0 Å². The standard InChI is InChI=1S/C17H24N2O2/c1-11-5-7-14(8-6-11)19-16(21)10-13-9-15(17(13,3)4)18-12(2)20/h5-8,13,15H,9-10H2,1-4H3,(H,18,20)(H,19,21). The van der Waals surface area contributed by atoms with Crippen LogP contribution in [0.1, 0.15) is 39.2 Å². The van der Waals surface area contributed by atoms with Crippen LogP contribution in [-0.4, -0.2) is 17.9 Å². The second-order valence-electron chi connectivity index (χ2n) is 6.63. The highest BCUT2D eigenvalue weighted by molar-refractivity contribution is 5.91. The maximum absolute atomic E-state index is 12.1. The fourth-order valence-electron chi connectivity index (χ4n) is 2.93. The molecule has 0 aromatic heterocycles. The van der Waals surface area contributed by atoms with E-state index in [1.807, 2.05) is 31.2 Å². The molecule has 1 saturated carbocycles. The van der Waals surface area contributed by atoms with Gasteiger partial charge in [-0.1, -0.05) is 31.5 Å². The molecule has 4 heteroatoms. The Hall–Kier alpha value is -1.84. The zero-order valence-corrected chi connectivity index (χ0v) is 13.2. The molecule has 2 atom stereocenters. The zero-order chi connectivity index (χ0) is 15.6. The van der Waals surface area contributed by atoms with E-state index in [1.54, 1.807) is 0 Å². The van der Waals surface area contributed by atoms with Gasteiger partial charge >= 0.3 is 0 Å². The highest BCUT2D eigenvalue weighted by atomic mass is 16.2. The Morgan fingerprint density at radius 2 is 1.86 bits per heavy atom. The maximum Gasteiger partial charge on any atom is 0.224 e. The predicted octanol–water partition coefficient (Wildman–Crippen LogP) is 2.87. The van der Waals surface area contributed by atoms with Crippen LogP contribution in [0.15, 0.2) is 24.3 Å². The molecule has 1 aliphatic carbocycles. The van der Waals surface area contributed by atoms with E-state index in [0.717, 1.165) is 12.1 Å². The maximum atomic E-state index is 12.1. The van der Waals surface area contributed by atoms with Crippen LogP contribution in [0.5, 0.6) is 0 Å². The number of hydrogen-bond acceptors (Lipinski definition) is 2. The lowest BCUT2D eigenvalue weighted by molar-refractivity contribution is -0.125. The van der Waals surface area contributed by atoms with Crippen molar-refractivity contribution in [1.29, 1.82) is 0 Å². The first-order valence-corrected chi connectivity index (χ1v) is 7.42. The molecule has 0 aliphatic heterocycles. The lowest BCUT2D eigenvalue weighted by Gasteiger charge is -2.52. The van der Waals surface area contributed by atoms with Gasteiger partial charge in [0.1, 0.15) is 0 Å². The monoisotopic (exact) mass is 288 g/mol. The van der Waals surface area contributed by atoms with Gasteiger partial charge in [0.25, 0.3) is 0 Å². The molecule has 0 saturated heterocycles. The van der Waals surface area contributed by atoms with E-state index in [-0.39, 0.29) is 23.3 Å². The smallest absolute Gasteiger partial charge is 0.224 e. The molecular weight excluding hydrogens is 264 g/mol. The molecule has 2 unspecified atom stereocenters. The van der Waals surface area contributed by atoms with E-state index in [2.05, 4.69) is 24.5 Å². The van der Waals surface area contributed by atoms with Gasteiger partial charge in [0.15, 0.2) is 0 Å². The minimum Gasteiger partial charge on any atom is -0.353 e. The molecule has 0 heterocycles. The summed E-state index contributed by atoms with van der Waals surface area (Å²) in [6.45, 7) is 7.78. The van der Waals surface area contributed by atoms with Crippen molar-refractivity contribution in [3.05, 3.63) is 29.8 Å². The van der Waals surface area contributed by atoms with Crippen molar-refractivity contribution < 1.29 is 9.59 Å². The first kappa shape index (κ1) is 15.5. The zero-order valence-electron chi connectivity index (χ0n) is 13.2. The number of amides is 2. The second-order valence-corrected chi connectivity index (χ2v) is 6.63. The van der Waals surface area contributed by atoms with Crippen molar-refractivity contribution in [2.24, 2.45) is 11.3 Å². The Labute approximate surface area is 126 Å². The normalized spacial score (nSPS) is 23.0. The average Bonchev–Trinajstić information content (AvgIpc) is 2.40. The van der Waals surface area contributed by atoms with Gasteiger partial charge in [-0.05, 0) is 36.8 Å². The summed E-state index contributed by atoms with van der Waals surface area (Å²) in [5.74, 6) is 0.341. The van der Waals surface area contributed by atoms with Crippen LogP contribution in [-0.2, 0) is 9.59 Å². The predicted molar refractivity (Wildman–Crippen MR) is 83.9 cm³/mol. The van der Waals surface area contributed by atoms with E-state index in [1.165, 1.54) is 12.5 Å². The summed E-state index contributed by atoms with van der Waals surface area (Å²) in [5, 5.41) is 5.89. The molecule has 2 N–H and O–H groups in total. The Morgan fingerprint density at radius 1 is 1.24 bits per heavy atom. The third kappa shape index (κ3) is 3.63. The van der Waals surface area contributed by atoms with Crippen LogP contribution in [0.3, 0.4) is 0 Å². The quantitative estimate of drug-likeness (QED) is 0.895. The number of aryl methyl sites for hydroxylation is 1. The third-order valence-electron chi connectivity index (χ3n) is 4.62.